The molecule has 0 aromatic carbocycles. The van der Waals surface area contributed by atoms with Gasteiger partial charge in [0.25, 0.3) is 0 Å². The van der Waals surface area contributed by atoms with Gasteiger partial charge in [-0.1, -0.05) is 13.8 Å². The van der Waals surface area contributed by atoms with Crippen LogP contribution in [0.25, 0.3) is 0 Å². The van der Waals surface area contributed by atoms with Crippen molar-refractivity contribution >= 4 is 17.3 Å². The van der Waals surface area contributed by atoms with Crippen molar-refractivity contribution in [2.24, 2.45) is 34.5 Å². The van der Waals surface area contributed by atoms with Gasteiger partial charge in [0.15, 0.2) is 0 Å². The predicted octanol–water partition coefficient (Wildman–Crippen LogP) is 3.35. The van der Waals surface area contributed by atoms with Crippen molar-refractivity contribution in [1.82, 2.24) is 0 Å². The first kappa shape index (κ1) is 14.6. The van der Waals surface area contributed by atoms with Crippen LogP contribution in [0.1, 0.15) is 65.2 Å². The van der Waals surface area contributed by atoms with Gasteiger partial charge in [-0.25, -0.2) is 0 Å². The van der Waals surface area contributed by atoms with Crippen LogP contribution in [0.3, 0.4) is 0 Å². The van der Waals surface area contributed by atoms with Crippen molar-refractivity contribution < 1.29 is 14.4 Å². The first-order chi connectivity index (χ1) is 10.3. The summed E-state index contributed by atoms with van der Waals surface area (Å²) in [4.78, 5) is 36.8. The fourth-order valence-corrected chi connectivity index (χ4v) is 6.51. The molecule has 4 aliphatic rings. The van der Waals surface area contributed by atoms with Crippen LogP contribution in [-0.2, 0) is 14.4 Å². The van der Waals surface area contributed by atoms with Gasteiger partial charge < -0.3 is 0 Å². The highest BCUT2D eigenvalue weighted by molar-refractivity contribution is 5.88. The maximum Gasteiger partial charge on any atom is 0.136 e. The molecule has 0 aromatic heterocycles. The third kappa shape index (κ3) is 1.83. The lowest BCUT2D eigenvalue weighted by Crippen LogP contribution is -2.56. The average molecular weight is 302 g/mol. The Labute approximate surface area is 132 Å². The standard InChI is InChI=1S/C19H26O3/c1-18-5-4-14-17(15(18)9-13(21)10-18)16(22)8-11-7-12(20)3-6-19(11,14)2/h11,14-15,17H,3-10H2,1-2H3/t11-,14+,15+,17-,18-,19+/m1/s1. The largest absolute Gasteiger partial charge is 0.300 e. The van der Waals surface area contributed by atoms with Crippen molar-refractivity contribution in [1.29, 1.82) is 0 Å². The Morgan fingerprint density at radius 2 is 1.68 bits per heavy atom. The lowest BCUT2D eigenvalue weighted by atomic mass is 9.45. The smallest absolute Gasteiger partial charge is 0.136 e. The Morgan fingerprint density at radius 1 is 0.909 bits per heavy atom. The Bertz CT molecular complexity index is 565. The molecule has 0 N–H and O–H groups in total. The van der Waals surface area contributed by atoms with Crippen molar-refractivity contribution in [3.05, 3.63) is 0 Å². The van der Waals surface area contributed by atoms with E-state index in [0.717, 1.165) is 19.3 Å². The van der Waals surface area contributed by atoms with Crippen LogP contribution in [-0.4, -0.2) is 17.3 Å². The molecule has 0 amide bonds. The molecule has 4 saturated carbocycles. The normalized spacial score (nSPS) is 51.3. The third-order valence-corrected chi connectivity index (χ3v) is 7.85. The molecule has 0 radical (unpaired) electrons. The first-order valence-corrected chi connectivity index (χ1v) is 8.90. The fourth-order valence-electron chi connectivity index (χ4n) is 6.51. The van der Waals surface area contributed by atoms with E-state index >= 15 is 0 Å². The number of rotatable bonds is 0. The van der Waals surface area contributed by atoms with Gasteiger partial charge in [0.1, 0.15) is 17.3 Å². The van der Waals surface area contributed by atoms with E-state index < -0.39 is 0 Å². The molecule has 0 heterocycles. The van der Waals surface area contributed by atoms with E-state index in [9.17, 15) is 14.4 Å². The molecule has 4 fully saturated rings. The molecule has 3 nitrogen and oxygen atoms in total. The summed E-state index contributed by atoms with van der Waals surface area (Å²) in [6.07, 6.45) is 6.24. The van der Waals surface area contributed by atoms with Gasteiger partial charge in [-0.05, 0) is 47.8 Å². The lowest BCUT2D eigenvalue weighted by Gasteiger charge is -2.58. The molecular weight excluding hydrogens is 276 g/mol. The molecule has 0 saturated heterocycles. The molecule has 6 atom stereocenters. The Morgan fingerprint density at radius 3 is 2.45 bits per heavy atom. The van der Waals surface area contributed by atoms with Gasteiger partial charge in [0.05, 0.1) is 0 Å². The highest BCUT2D eigenvalue weighted by Crippen LogP contribution is 2.64. The first-order valence-electron chi connectivity index (χ1n) is 8.90. The quantitative estimate of drug-likeness (QED) is 0.689. The zero-order valence-corrected chi connectivity index (χ0v) is 13.7. The second-order valence-electron chi connectivity index (χ2n) is 8.97. The number of Topliss-reactive ketones (excluding diaryl/α,β-unsaturated/α-hetero) is 3. The zero-order valence-electron chi connectivity index (χ0n) is 13.7. The summed E-state index contributed by atoms with van der Waals surface area (Å²) in [6, 6.07) is 0. The van der Waals surface area contributed by atoms with Crippen LogP contribution in [0.15, 0.2) is 0 Å². The van der Waals surface area contributed by atoms with E-state index in [1.165, 1.54) is 0 Å². The van der Waals surface area contributed by atoms with Gasteiger partial charge in [0.2, 0.25) is 0 Å². The fraction of sp³-hybridized carbons (Fsp3) is 0.842. The summed E-state index contributed by atoms with van der Waals surface area (Å²) >= 11 is 0. The van der Waals surface area contributed by atoms with Crippen molar-refractivity contribution in [3.63, 3.8) is 0 Å². The third-order valence-electron chi connectivity index (χ3n) is 7.85. The summed E-state index contributed by atoms with van der Waals surface area (Å²) in [5.74, 6) is 2.05. The van der Waals surface area contributed by atoms with Crippen LogP contribution >= 0.6 is 0 Å². The van der Waals surface area contributed by atoms with Crippen molar-refractivity contribution in [2.45, 2.75) is 65.2 Å². The molecule has 0 aliphatic heterocycles. The van der Waals surface area contributed by atoms with E-state index in [0.29, 0.717) is 55.4 Å². The predicted molar refractivity (Wildman–Crippen MR) is 82.1 cm³/mol. The SMILES string of the molecule is C[C@]12CC[C@H]3[C@@H](C(=O)C[C@H]4CC(=O)CC[C@@]43C)[C@@H]1CC(=O)C2. The average Bonchev–Trinajstić information content (AvgIpc) is 2.75. The van der Waals surface area contributed by atoms with Crippen LogP contribution < -0.4 is 0 Å². The molecular formula is C19H26O3. The number of ketones is 3. The van der Waals surface area contributed by atoms with E-state index in [4.69, 9.17) is 0 Å². The number of hydrogen-bond acceptors (Lipinski definition) is 3. The second kappa shape index (κ2) is 4.52. The van der Waals surface area contributed by atoms with Gasteiger partial charge in [-0.15, -0.1) is 0 Å². The minimum atomic E-state index is 0.0571. The van der Waals surface area contributed by atoms with Crippen LogP contribution in [0.5, 0.6) is 0 Å². The summed E-state index contributed by atoms with van der Waals surface area (Å²) in [5.41, 5.74) is 0.195. The summed E-state index contributed by atoms with van der Waals surface area (Å²) in [6.45, 7) is 4.55. The van der Waals surface area contributed by atoms with Crippen LogP contribution in [0.2, 0.25) is 0 Å². The maximum absolute atomic E-state index is 12.9. The Balaban J connectivity index is 1.71. The van der Waals surface area contributed by atoms with Crippen molar-refractivity contribution in [2.75, 3.05) is 0 Å². The molecule has 3 heteroatoms. The molecule has 22 heavy (non-hydrogen) atoms. The van der Waals surface area contributed by atoms with Gasteiger partial charge in [0, 0.05) is 38.0 Å². The summed E-state index contributed by atoms with van der Waals surface area (Å²) in [5, 5.41) is 0. The molecule has 0 aromatic rings. The lowest BCUT2D eigenvalue weighted by molar-refractivity contribution is -0.156. The number of carbonyl (C=O) groups excluding carboxylic acids is 3. The molecule has 4 rings (SSSR count). The highest BCUT2D eigenvalue weighted by Gasteiger charge is 2.61. The van der Waals surface area contributed by atoms with E-state index in [1.807, 2.05) is 0 Å². The minimum absolute atomic E-state index is 0.0571. The topological polar surface area (TPSA) is 51.2 Å². The summed E-state index contributed by atoms with van der Waals surface area (Å²) in [7, 11) is 0. The van der Waals surface area contributed by atoms with Crippen molar-refractivity contribution in [3.8, 4) is 0 Å². The van der Waals surface area contributed by atoms with E-state index in [2.05, 4.69) is 13.8 Å². The van der Waals surface area contributed by atoms with Crippen LogP contribution in [0.4, 0.5) is 0 Å². The van der Waals surface area contributed by atoms with Gasteiger partial charge >= 0.3 is 0 Å². The molecule has 4 aliphatic carbocycles. The van der Waals surface area contributed by atoms with E-state index in [1.54, 1.807) is 0 Å². The van der Waals surface area contributed by atoms with Gasteiger partial charge in [-0.2, -0.15) is 0 Å². The second-order valence-corrected chi connectivity index (χ2v) is 8.97. The Kier molecular flexibility index (Phi) is 3.00. The maximum atomic E-state index is 12.9. The number of fused-ring (bicyclic) bond motifs is 5. The summed E-state index contributed by atoms with van der Waals surface area (Å²) < 4.78 is 0. The highest BCUT2D eigenvalue weighted by atomic mass is 16.1. The Hall–Kier alpha value is -0.990. The number of carbonyl (C=O) groups is 3. The molecule has 0 bridgehead atoms. The zero-order chi connectivity index (χ0) is 15.7. The monoisotopic (exact) mass is 302 g/mol. The molecule has 0 unspecified atom stereocenters. The molecule has 0 spiro atoms. The van der Waals surface area contributed by atoms with E-state index in [-0.39, 0.29) is 28.6 Å². The van der Waals surface area contributed by atoms with Crippen LogP contribution in [0, 0.1) is 34.5 Å². The minimum Gasteiger partial charge on any atom is -0.300 e. The number of hydrogen-bond donors (Lipinski definition) is 0. The molecule has 120 valence electrons. The van der Waals surface area contributed by atoms with Gasteiger partial charge in [-0.3, -0.25) is 14.4 Å².